The molecule has 1 atom stereocenters. The van der Waals surface area contributed by atoms with Gasteiger partial charge in [0.2, 0.25) is 5.90 Å². The standard InChI is InChI=1S/C28H39NO2/c1-3-5-7-8-9-10-11-21-30-27-19-17-24(18-20-27)23-13-15-25(16-14-23)28-29-26(22-31-28)12-6-4-2/h13-20,26H,3-12,21-22H2,1-2H3/t26-/m0/s1. The largest absolute Gasteiger partial charge is 0.494 e. The van der Waals surface area contributed by atoms with Gasteiger partial charge in [0, 0.05) is 5.56 Å². The van der Waals surface area contributed by atoms with Gasteiger partial charge in [0.15, 0.2) is 0 Å². The molecule has 3 nitrogen and oxygen atoms in total. The zero-order valence-corrected chi connectivity index (χ0v) is 19.4. The Hall–Kier alpha value is -2.29. The summed E-state index contributed by atoms with van der Waals surface area (Å²) in [6.45, 7) is 6.01. The topological polar surface area (TPSA) is 30.8 Å². The van der Waals surface area contributed by atoms with E-state index in [9.17, 15) is 0 Å². The molecule has 3 rings (SSSR count). The number of ether oxygens (including phenoxy) is 2. The van der Waals surface area contributed by atoms with E-state index in [1.807, 2.05) is 0 Å². The third-order valence-electron chi connectivity index (χ3n) is 5.94. The van der Waals surface area contributed by atoms with Crippen LogP contribution < -0.4 is 4.74 Å². The molecular formula is C28H39NO2. The van der Waals surface area contributed by atoms with Crippen LogP contribution in [0, 0.1) is 0 Å². The van der Waals surface area contributed by atoms with Crippen molar-refractivity contribution in [2.45, 2.75) is 84.1 Å². The Labute approximate surface area is 188 Å². The second kappa shape index (κ2) is 13.2. The summed E-state index contributed by atoms with van der Waals surface area (Å²) in [5, 5.41) is 0. The van der Waals surface area contributed by atoms with Crippen molar-refractivity contribution in [1.82, 2.24) is 0 Å². The molecule has 3 heteroatoms. The Morgan fingerprint density at radius 2 is 1.32 bits per heavy atom. The predicted octanol–water partition coefficient (Wildman–Crippen LogP) is 7.82. The Morgan fingerprint density at radius 3 is 2.00 bits per heavy atom. The van der Waals surface area contributed by atoms with E-state index in [0.29, 0.717) is 6.04 Å². The molecule has 1 heterocycles. The molecule has 0 fully saturated rings. The number of rotatable bonds is 14. The summed E-state index contributed by atoms with van der Waals surface area (Å²) in [4.78, 5) is 4.75. The molecule has 1 aliphatic rings. The average Bonchev–Trinajstić information content (AvgIpc) is 3.29. The summed E-state index contributed by atoms with van der Waals surface area (Å²) < 4.78 is 11.7. The van der Waals surface area contributed by atoms with Crippen molar-refractivity contribution in [2.24, 2.45) is 4.99 Å². The first-order valence-electron chi connectivity index (χ1n) is 12.3. The fraction of sp³-hybridized carbons (Fsp3) is 0.536. The van der Waals surface area contributed by atoms with E-state index < -0.39 is 0 Å². The Bertz CT molecular complexity index is 780. The average molecular weight is 422 g/mol. The van der Waals surface area contributed by atoms with Gasteiger partial charge in [-0.1, -0.05) is 89.5 Å². The van der Waals surface area contributed by atoms with Gasteiger partial charge in [-0.25, -0.2) is 4.99 Å². The highest BCUT2D eigenvalue weighted by Crippen LogP contribution is 2.24. The number of hydrogen-bond acceptors (Lipinski definition) is 3. The number of hydrogen-bond donors (Lipinski definition) is 0. The molecule has 0 unspecified atom stereocenters. The minimum absolute atomic E-state index is 0.322. The van der Waals surface area contributed by atoms with Crippen LogP contribution in [0.1, 0.15) is 83.6 Å². The van der Waals surface area contributed by atoms with E-state index in [4.69, 9.17) is 14.5 Å². The molecule has 0 bridgehead atoms. The van der Waals surface area contributed by atoms with Crippen molar-refractivity contribution in [1.29, 1.82) is 0 Å². The van der Waals surface area contributed by atoms with Crippen LogP contribution in [-0.4, -0.2) is 25.2 Å². The summed E-state index contributed by atoms with van der Waals surface area (Å²) in [5.41, 5.74) is 3.46. The van der Waals surface area contributed by atoms with E-state index in [1.165, 1.54) is 62.5 Å². The lowest BCUT2D eigenvalue weighted by atomic mass is 10.0. The molecule has 2 aromatic carbocycles. The first-order chi connectivity index (χ1) is 15.3. The third-order valence-corrected chi connectivity index (χ3v) is 5.94. The molecule has 0 radical (unpaired) electrons. The molecule has 0 amide bonds. The van der Waals surface area contributed by atoms with Crippen LogP contribution >= 0.6 is 0 Å². The summed E-state index contributed by atoms with van der Waals surface area (Å²) in [6, 6.07) is 17.3. The molecule has 0 spiro atoms. The van der Waals surface area contributed by atoms with Crippen LogP contribution in [0.2, 0.25) is 0 Å². The summed E-state index contributed by atoms with van der Waals surface area (Å²) in [5.74, 6) is 1.75. The van der Waals surface area contributed by atoms with Crippen LogP contribution in [0.5, 0.6) is 5.75 Å². The van der Waals surface area contributed by atoms with Gasteiger partial charge >= 0.3 is 0 Å². The van der Waals surface area contributed by atoms with Crippen molar-refractivity contribution in [2.75, 3.05) is 13.2 Å². The quantitative estimate of drug-likeness (QED) is 0.291. The van der Waals surface area contributed by atoms with Gasteiger partial charge in [-0.05, 0) is 48.2 Å². The van der Waals surface area contributed by atoms with Gasteiger partial charge in [-0.15, -0.1) is 0 Å². The summed E-state index contributed by atoms with van der Waals surface area (Å²) >= 11 is 0. The highest BCUT2D eigenvalue weighted by Gasteiger charge is 2.19. The second-order valence-corrected chi connectivity index (χ2v) is 8.61. The zero-order valence-electron chi connectivity index (χ0n) is 19.4. The molecule has 0 saturated carbocycles. The lowest BCUT2D eigenvalue weighted by Gasteiger charge is -2.08. The van der Waals surface area contributed by atoms with Gasteiger partial charge < -0.3 is 9.47 Å². The monoisotopic (exact) mass is 421 g/mol. The van der Waals surface area contributed by atoms with Crippen LogP contribution in [0.15, 0.2) is 53.5 Å². The minimum Gasteiger partial charge on any atom is -0.494 e. The van der Waals surface area contributed by atoms with Crippen LogP contribution in [0.25, 0.3) is 11.1 Å². The van der Waals surface area contributed by atoms with Crippen molar-refractivity contribution >= 4 is 5.90 Å². The molecule has 0 saturated heterocycles. The first-order valence-corrected chi connectivity index (χ1v) is 12.3. The van der Waals surface area contributed by atoms with Gasteiger partial charge in [-0.3, -0.25) is 0 Å². The van der Waals surface area contributed by atoms with Crippen LogP contribution in [0.3, 0.4) is 0 Å². The normalized spacial score (nSPS) is 15.5. The maximum absolute atomic E-state index is 5.92. The van der Waals surface area contributed by atoms with E-state index in [1.54, 1.807) is 0 Å². The fourth-order valence-electron chi connectivity index (χ4n) is 3.96. The maximum atomic E-state index is 5.92. The fourth-order valence-corrected chi connectivity index (χ4v) is 3.96. The van der Waals surface area contributed by atoms with Gasteiger partial charge in [-0.2, -0.15) is 0 Å². The van der Waals surface area contributed by atoms with Crippen molar-refractivity contribution in [3.8, 4) is 16.9 Å². The van der Waals surface area contributed by atoms with Crippen molar-refractivity contribution in [3.05, 3.63) is 54.1 Å². The van der Waals surface area contributed by atoms with Gasteiger partial charge in [0.1, 0.15) is 12.4 Å². The summed E-state index contributed by atoms with van der Waals surface area (Å²) in [6.07, 6.45) is 12.7. The van der Waals surface area contributed by atoms with Gasteiger partial charge in [0.25, 0.3) is 0 Å². The smallest absolute Gasteiger partial charge is 0.216 e. The maximum Gasteiger partial charge on any atom is 0.216 e. The molecule has 0 N–H and O–H groups in total. The lowest BCUT2D eigenvalue weighted by molar-refractivity contribution is 0.304. The van der Waals surface area contributed by atoms with Gasteiger partial charge in [0.05, 0.1) is 12.6 Å². The molecule has 168 valence electrons. The van der Waals surface area contributed by atoms with Crippen molar-refractivity contribution < 1.29 is 9.47 Å². The number of unbranched alkanes of at least 4 members (excludes halogenated alkanes) is 7. The third kappa shape index (κ3) is 7.72. The molecule has 31 heavy (non-hydrogen) atoms. The van der Waals surface area contributed by atoms with E-state index in [-0.39, 0.29) is 0 Å². The lowest BCUT2D eigenvalue weighted by Crippen LogP contribution is -2.05. The summed E-state index contributed by atoms with van der Waals surface area (Å²) in [7, 11) is 0. The second-order valence-electron chi connectivity index (χ2n) is 8.61. The zero-order chi connectivity index (χ0) is 21.7. The Kier molecular flexibility index (Phi) is 9.95. The van der Waals surface area contributed by atoms with Crippen LogP contribution in [0.4, 0.5) is 0 Å². The molecule has 1 aliphatic heterocycles. The SMILES string of the molecule is CCCCCCCCCOc1ccc(-c2ccc(C3=N[C@@H](CCCC)CO3)cc2)cc1. The van der Waals surface area contributed by atoms with Crippen LogP contribution in [-0.2, 0) is 4.74 Å². The Morgan fingerprint density at radius 1 is 0.742 bits per heavy atom. The van der Waals surface area contributed by atoms with E-state index in [2.05, 4.69) is 62.4 Å². The van der Waals surface area contributed by atoms with Crippen molar-refractivity contribution in [3.63, 3.8) is 0 Å². The minimum atomic E-state index is 0.322. The molecule has 0 aromatic heterocycles. The number of aliphatic imine (C=N–C) groups is 1. The number of benzene rings is 2. The molecule has 0 aliphatic carbocycles. The van der Waals surface area contributed by atoms with E-state index in [0.717, 1.165) is 43.3 Å². The first kappa shape index (κ1) is 23.4. The Balaban J connectivity index is 1.43. The van der Waals surface area contributed by atoms with E-state index >= 15 is 0 Å². The molecule has 2 aromatic rings. The highest BCUT2D eigenvalue weighted by atomic mass is 16.5. The molecular weight excluding hydrogens is 382 g/mol. The number of nitrogens with zero attached hydrogens (tertiary/aromatic N) is 1. The predicted molar refractivity (Wildman–Crippen MR) is 131 cm³/mol. The highest BCUT2D eigenvalue weighted by molar-refractivity contribution is 5.95.